The highest BCUT2D eigenvalue weighted by Gasteiger charge is 1.99. The number of nitrogens with zero attached hydrogens (tertiary/aromatic N) is 1. The Morgan fingerprint density at radius 3 is 2.91 bits per heavy atom. The van der Waals surface area contributed by atoms with E-state index in [2.05, 4.69) is 4.98 Å². The van der Waals surface area contributed by atoms with Crippen molar-refractivity contribution in [1.82, 2.24) is 4.98 Å². The largest absolute Gasteiger partial charge is 0.396 e. The van der Waals surface area contributed by atoms with Gasteiger partial charge in [-0.05, 0) is 12.5 Å². The van der Waals surface area contributed by atoms with Gasteiger partial charge in [-0.2, -0.15) is 0 Å². The topological polar surface area (TPSA) is 38.9 Å². The van der Waals surface area contributed by atoms with Crippen LogP contribution in [0.3, 0.4) is 0 Å². The van der Waals surface area contributed by atoms with E-state index < -0.39 is 5.82 Å². The quantitative estimate of drug-likeness (QED) is 0.704. The van der Waals surface area contributed by atoms with Gasteiger partial charge in [-0.15, -0.1) is 0 Å². The van der Waals surface area contributed by atoms with Gasteiger partial charge in [0.1, 0.15) is 0 Å². The highest BCUT2D eigenvalue weighted by Crippen LogP contribution is 2.10. The van der Waals surface area contributed by atoms with Crippen LogP contribution < -0.4 is 5.73 Å². The van der Waals surface area contributed by atoms with Gasteiger partial charge in [-0.25, -0.2) is 4.39 Å². The van der Waals surface area contributed by atoms with E-state index in [0.717, 1.165) is 18.5 Å². The molecule has 0 amide bonds. The average molecular weight is 154 g/mol. The minimum absolute atomic E-state index is 0.184. The molecule has 0 saturated heterocycles. The number of nitrogen functional groups attached to an aromatic ring is 1. The minimum Gasteiger partial charge on any atom is -0.396 e. The molecule has 1 heterocycles. The molecule has 2 nitrogen and oxygen atoms in total. The number of anilines is 1. The fourth-order valence-corrected chi connectivity index (χ4v) is 0.893. The van der Waals surface area contributed by atoms with Gasteiger partial charge in [-0.1, -0.05) is 13.3 Å². The van der Waals surface area contributed by atoms with Crippen LogP contribution >= 0.6 is 0 Å². The van der Waals surface area contributed by atoms with Gasteiger partial charge in [-0.3, -0.25) is 4.98 Å². The summed E-state index contributed by atoms with van der Waals surface area (Å²) < 4.78 is 12.6. The summed E-state index contributed by atoms with van der Waals surface area (Å²) in [4.78, 5) is 3.87. The van der Waals surface area contributed by atoms with Crippen LogP contribution in [0.25, 0.3) is 0 Å². The Morgan fingerprint density at radius 2 is 2.36 bits per heavy atom. The van der Waals surface area contributed by atoms with Gasteiger partial charge >= 0.3 is 0 Å². The maximum Gasteiger partial charge on any atom is 0.164 e. The van der Waals surface area contributed by atoms with Gasteiger partial charge in [0, 0.05) is 5.69 Å². The predicted octanol–water partition coefficient (Wildman–Crippen LogP) is 1.76. The van der Waals surface area contributed by atoms with Crippen molar-refractivity contribution in [3.05, 3.63) is 23.8 Å². The first-order valence-corrected chi connectivity index (χ1v) is 3.64. The van der Waals surface area contributed by atoms with Crippen LogP contribution in [-0.2, 0) is 6.42 Å². The van der Waals surface area contributed by atoms with Crippen molar-refractivity contribution in [2.45, 2.75) is 19.8 Å². The van der Waals surface area contributed by atoms with Crippen LogP contribution in [0.5, 0.6) is 0 Å². The highest BCUT2D eigenvalue weighted by molar-refractivity contribution is 5.39. The zero-order chi connectivity index (χ0) is 8.27. The minimum atomic E-state index is -0.440. The lowest BCUT2D eigenvalue weighted by molar-refractivity contribution is 0.623. The first-order chi connectivity index (χ1) is 5.24. The van der Waals surface area contributed by atoms with E-state index >= 15 is 0 Å². The maximum absolute atomic E-state index is 12.6. The third-order valence-corrected chi connectivity index (χ3v) is 1.45. The van der Waals surface area contributed by atoms with Gasteiger partial charge in [0.25, 0.3) is 0 Å². The number of aryl methyl sites for hydroxylation is 1. The number of aromatic nitrogens is 1. The third kappa shape index (κ3) is 1.90. The Bertz CT molecular complexity index is 248. The van der Waals surface area contributed by atoms with Crippen molar-refractivity contribution in [2.24, 2.45) is 0 Å². The summed E-state index contributed by atoms with van der Waals surface area (Å²) in [7, 11) is 0. The van der Waals surface area contributed by atoms with Gasteiger partial charge < -0.3 is 5.73 Å². The first-order valence-electron chi connectivity index (χ1n) is 3.64. The van der Waals surface area contributed by atoms with Crippen LogP contribution in [-0.4, -0.2) is 4.98 Å². The molecule has 11 heavy (non-hydrogen) atoms. The Morgan fingerprint density at radius 1 is 1.64 bits per heavy atom. The molecule has 0 saturated carbocycles. The Balaban J connectivity index is 2.86. The van der Waals surface area contributed by atoms with Crippen LogP contribution in [0.4, 0.5) is 10.1 Å². The van der Waals surface area contributed by atoms with E-state index in [4.69, 9.17) is 5.73 Å². The van der Waals surface area contributed by atoms with E-state index in [0.29, 0.717) is 0 Å². The third-order valence-electron chi connectivity index (χ3n) is 1.45. The van der Waals surface area contributed by atoms with Crippen molar-refractivity contribution in [3.63, 3.8) is 0 Å². The summed E-state index contributed by atoms with van der Waals surface area (Å²) in [5.41, 5.74) is 6.37. The molecule has 0 aliphatic carbocycles. The lowest BCUT2D eigenvalue weighted by atomic mass is 10.2. The molecule has 0 aromatic carbocycles. The molecule has 1 aromatic rings. The predicted molar refractivity (Wildman–Crippen MR) is 42.6 cm³/mol. The van der Waals surface area contributed by atoms with E-state index in [9.17, 15) is 4.39 Å². The molecule has 0 unspecified atom stereocenters. The fraction of sp³-hybridized carbons (Fsp3) is 0.375. The van der Waals surface area contributed by atoms with Crippen LogP contribution in [0.15, 0.2) is 12.3 Å². The van der Waals surface area contributed by atoms with Crippen LogP contribution in [0.2, 0.25) is 0 Å². The number of rotatable bonds is 2. The summed E-state index contributed by atoms with van der Waals surface area (Å²) in [6.45, 7) is 2.04. The number of hydrogen-bond acceptors (Lipinski definition) is 2. The van der Waals surface area contributed by atoms with E-state index in [1.807, 2.05) is 6.92 Å². The summed E-state index contributed by atoms with van der Waals surface area (Å²) in [6.07, 6.45) is 3.02. The standard InChI is InChI=1S/C8H11FN2/c1-2-3-6-4-8(10)7(9)5-11-6/h4-5H,2-3H2,1H3,(H2,10,11). The zero-order valence-electron chi connectivity index (χ0n) is 6.47. The lowest BCUT2D eigenvalue weighted by Gasteiger charge is -1.99. The normalized spacial score (nSPS) is 10.0. The van der Waals surface area contributed by atoms with E-state index in [-0.39, 0.29) is 5.69 Å². The molecule has 60 valence electrons. The number of pyridine rings is 1. The number of halogens is 1. The molecular weight excluding hydrogens is 143 g/mol. The van der Waals surface area contributed by atoms with Gasteiger partial charge in [0.15, 0.2) is 5.82 Å². The second-order valence-corrected chi connectivity index (χ2v) is 2.45. The summed E-state index contributed by atoms with van der Waals surface area (Å²) >= 11 is 0. The molecule has 2 N–H and O–H groups in total. The SMILES string of the molecule is CCCc1cc(N)c(F)cn1. The highest BCUT2D eigenvalue weighted by atomic mass is 19.1. The lowest BCUT2D eigenvalue weighted by Crippen LogP contribution is -1.96. The molecule has 0 bridgehead atoms. The molecule has 0 atom stereocenters. The molecule has 0 aliphatic heterocycles. The molecule has 1 aromatic heterocycles. The van der Waals surface area contributed by atoms with Crippen molar-refractivity contribution in [3.8, 4) is 0 Å². The molecular formula is C8H11FN2. The Labute approximate surface area is 65.3 Å². The smallest absolute Gasteiger partial charge is 0.164 e. The summed E-state index contributed by atoms with van der Waals surface area (Å²) in [5.74, 6) is -0.440. The van der Waals surface area contributed by atoms with E-state index in [1.165, 1.54) is 6.20 Å². The molecule has 1 rings (SSSR count). The maximum atomic E-state index is 12.6. The Kier molecular flexibility index (Phi) is 2.41. The molecule has 0 aliphatic rings. The van der Waals surface area contributed by atoms with E-state index in [1.54, 1.807) is 6.07 Å². The monoisotopic (exact) mass is 154 g/mol. The van der Waals surface area contributed by atoms with Gasteiger partial charge in [0.2, 0.25) is 0 Å². The second kappa shape index (κ2) is 3.32. The molecule has 0 spiro atoms. The molecule has 0 radical (unpaired) electrons. The first kappa shape index (κ1) is 7.98. The second-order valence-electron chi connectivity index (χ2n) is 2.45. The zero-order valence-corrected chi connectivity index (χ0v) is 6.47. The summed E-state index contributed by atoms with van der Waals surface area (Å²) in [5, 5.41) is 0. The number of hydrogen-bond donors (Lipinski definition) is 1. The van der Waals surface area contributed by atoms with Crippen molar-refractivity contribution in [1.29, 1.82) is 0 Å². The van der Waals surface area contributed by atoms with Crippen molar-refractivity contribution >= 4 is 5.69 Å². The average Bonchev–Trinajstić information content (AvgIpc) is 1.98. The molecule has 0 fully saturated rings. The van der Waals surface area contributed by atoms with Gasteiger partial charge in [0.05, 0.1) is 11.9 Å². The van der Waals surface area contributed by atoms with Crippen LogP contribution in [0, 0.1) is 5.82 Å². The fourth-order valence-electron chi connectivity index (χ4n) is 0.893. The van der Waals surface area contributed by atoms with Crippen LogP contribution in [0.1, 0.15) is 19.0 Å². The number of nitrogens with two attached hydrogens (primary N) is 1. The van der Waals surface area contributed by atoms with Crippen molar-refractivity contribution < 1.29 is 4.39 Å². The van der Waals surface area contributed by atoms with Crippen molar-refractivity contribution in [2.75, 3.05) is 5.73 Å². The Hall–Kier alpha value is -1.12. The summed E-state index contributed by atoms with van der Waals surface area (Å²) in [6, 6.07) is 1.58. The molecule has 3 heteroatoms.